The molecule has 16 heteroatoms. The minimum absolute atomic E-state index is 0.247. The molecular weight excluding hydrogens is 488 g/mol. The van der Waals surface area contributed by atoms with Crippen LogP contribution in [-0.4, -0.2) is 87.9 Å². The number of nitrogens with one attached hydrogen (secondary N) is 3. The highest BCUT2D eigenvalue weighted by Gasteiger charge is 2.31. The van der Waals surface area contributed by atoms with Crippen molar-refractivity contribution >= 4 is 53.2 Å². The van der Waals surface area contributed by atoms with Gasteiger partial charge in [0.25, 0.3) is 0 Å². The van der Waals surface area contributed by atoms with Gasteiger partial charge in [-0.3, -0.25) is 28.8 Å². The van der Waals surface area contributed by atoms with Crippen molar-refractivity contribution in [2.24, 2.45) is 17.2 Å². The highest BCUT2D eigenvalue weighted by Crippen LogP contribution is 2.05. The summed E-state index contributed by atoms with van der Waals surface area (Å²) >= 11 is 1.45. The number of rotatable bonds is 18. The Balaban J connectivity index is 5.55. The lowest BCUT2D eigenvalue weighted by molar-refractivity contribution is -0.143. The zero-order chi connectivity index (χ0) is 27.1. The fourth-order valence-corrected chi connectivity index (χ4v) is 3.18. The van der Waals surface area contributed by atoms with Crippen LogP contribution in [0.5, 0.6) is 0 Å². The first kappa shape index (κ1) is 31.6. The lowest BCUT2D eigenvalue weighted by atomic mass is 10.1. The second kappa shape index (κ2) is 16.3. The van der Waals surface area contributed by atoms with Gasteiger partial charge in [0.15, 0.2) is 0 Å². The van der Waals surface area contributed by atoms with Gasteiger partial charge in [0, 0.05) is 12.8 Å². The van der Waals surface area contributed by atoms with E-state index in [0.717, 1.165) is 0 Å². The molecule has 0 aliphatic heterocycles. The quantitative estimate of drug-likeness (QED) is 0.0882. The largest absolute Gasteiger partial charge is 0.481 e. The molecule has 0 saturated heterocycles. The minimum Gasteiger partial charge on any atom is -0.481 e. The van der Waals surface area contributed by atoms with E-state index in [2.05, 4.69) is 10.6 Å². The van der Waals surface area contributed by atoms with Crippen molar-refractivity contribution in [2.75, 3.05) is 12.0 Å². The van der Waals surface area contributed by atoms with Crippen LogP contribution in [0.3, 0.4) is 0 Å². The number of aliphatic carboxylic acids is 2. The second-order valence-electron chi connectivity index (χ2n) is 7.52. The van der Waals surface area contributed by atoms with Crippen molar-refractivity contribution in [1.82, 2.24) is 16.0 Å². The fourth-order valence-electron chi connectivity index (χ4n) is 2.69. The summed E-state index contributed by atoms with van der Waals surface area (Å²) in [7, 11) is 0. The molecule has 0 rings (SSSR count). The number of hydrogen-bond donors (Lipinski definition) is 8. The molecule has 4 unspecified atom stereocenters. The van der Waals surface area contributed by atoms with Crippen LogP contribution in [0.15, 0.2) is 0 Å². The molecule has 0 aliphatic rings. The van der Waals surface area contributed by atoms with Gasteiger partial charge >= 0.3 is 11.9 Å². The van der Waals surface area contributed by atoms with Crippen molar-refractivity contribution in [3.63, 3.8) is 0 Å². The Morgan fingerprint density at radius 2 is 1.26 bits per heavy atom. The average molecular weight is 521 g/mol. The number of amides is 5. The normalized spacial score (nSPS) is 14.0. The van der Waals surface area contributed by atoms with Gasteiger partial charge in [-0.05, 0) is 31.3 Å². The van der Waals surface area contributed by atoms with E-state index in [9.17, 15) is 38.7 Å². The summed E-state index contributed by atoms with van der Waals surface area (Å²) in [6.07, 6.45) is -0.191. The monoisotopic (exact) mass is 520 g/mol. The predicted octanol–water partition coefficient (Wildman–Crippen LogP) is -3.39. The lowest BCUT2D eigenvalue weighted by Crippen LogP contribution is -2.57. The number of carbonyl (C=O) groups excluding carboxylic acids is 5. The number of carbonyl (C=O) groups is 7. The molecule has 15 nitrogen and oxygen atoms in total. The van der Waals surface area contributed by atoms with E-state index in [4.69, 9.17) is 22.3 Å². The van der Waals surface area contributed by atoms with Gasteiger partial charge in [-0.25, -0.2) is 4.79 Å². The molecule has 0 aromatic heterocycles. The van der Waals surface area contributed by atoms with Gasteiger partial charge in [0.1, 0.15) is 18.1 Å². The third-order valence-electron chi connectivity index (χ3n) is 4.58. The second-order valence-corrected chi connectivity index (χ2v) is 8.50. The minimum atomic E-state index is -1.65. The number of carboxylic acid groups (broad SMARTS) is 2. The van der Waals surface area contributed by atoms with Gasteiger partial charge in [-0.15, -0.1) is 0 Å². The van der Waals surface area contributed by atoms with Crippen molar-refractivity contribution in [3.05, 3.63) is 0 Å². The molecular formula is C19H32N6O9S. The maximum absolute atomic E-state index is 12.8. The lowest BCUT2D eigenvalue weighted by Gasteiger charge is -2.24. The van der Waals surface area contributed by atoms with Gasteiger partial charge in [0.05, 0.1) is 12.5 Å². The number of primary amides is 2. The highest BCUT2D eigenvalue weighted by molar-refractivity contribution is 7.98. The molecule has 0 spiro atoms. The molecule has 0 fully saturated rings. The van der Waals surface area contributed by atoms with Crippen LogP contribution in [0, 0.1) is 0 Å². The zero-order valence-electron chi connectivity index (χ0n) is 19.2. The summed E-state index contributed by atoms with van der Waals surface area (Å²) in [6, 6.07) is -5.59. The van der Waals surface area contributed by atoms with E-state index >= 15 is 0 Å². The van der Waals surface area contributed by atoms with Crippen LogP contribution >= 0.6 is 11.8 Å². The number of thioether (sulfide) groups is 1. The van der Waals surface area contributed by atoms with Crippen LogP contribution in [0.25, 0.3) is 0 Å². The maximum atomic E-state index is 12.8. The Kier molecular flexibility index (Phi) is 14.7. The van der Waals surface area contributed by atoms with E-state index in [0.29, 0.717) is 12.2 Å². The van der Waals surface area contributed by atoms with E-state index in [-0.39, 0.29) is 12.8 Å². The van der Waals surface area contributed by atoms with Crippen molar-refractivity contribution in [3.8, 4) is 0 Å². The first-order valence-corrected chi connectivity index (χ1v) is 11.8. The number of nitrogens with two attached hydrogens (primary N) is 3. The van der Waals surface area contributed by atoms with Gasteiger partial charge in [-0.1, -0.05) is 0 Å². The Labute approximate surface area is 205 Å². The molecule has 0 bridgehead atoms. The van der Waals surface area contributed by atoms with Crippen molar-refractivity contribution in [1.29, 1.82) is 0 Å². The summed E-state index contributed by atoms with van der Waals surface area (Å²) in [5.74, 6) is -6.83. The first-order valence-electron chi connectivity index (χ1n) is 10.4. The molecule has 35 heavy (non-hydrogen) atoms. The molecule has 11 N–H and O–H groups in total. The standard InChI is InChI=1S/C19H32N6O9S/c1-35-7-6-9(20)16(30)23-10(2-4-13(21)26)17(31)25-12(8-14(22)27)18(32)24-11(19(33)34)3-5-15(28)29/h9-12H,2-8,20H2,1H3,(H2,21,26)(H2,22,27)(H,23,30)(H,24,32)(H,25,31)(H,28,29)(H,33,34). The third kappa shape index (κ3) is 13.8. The predicted molar refractivity (Wildman–Crippen MR) is 124 cm³/mol. The summed E-state index contributed by atoms with van der Waals surface area (Å²) < 4.78 is 0. The molecule has 0 aromatic rings. The summed E-state index contributed by atoms with van der Waals surface area (Å²) in [5, 5.41) is 24.6. The summed E-state index contributed by atoms with van der Waals surface area (Å²) in [5.41, 5.74) is 16.0. The van der Waals surface area contributed by atoms with Crippen LogP contribution in [0.1, 0.15) is 38.5 Å². The van der Waals surface area contributed by atoms with E-state index < -0.39 is 84.9 Å². The molecule has 0 aromatic carbocycles. The van der Waals surface area contributed by atoms with Gasteiger partial charge in [-0.2, -0.15) is 11.8 Å². The van der Waals surface area contributed by atoms with Crippen LogP contribution in [0.2, 0.25) is 0 Å². The van der Waals surface area contributed by atoms with Crippen molar-refractivity contribution in [2.45, 2.75) is 62.7 Å². The molecule has 5 amide bonds. The number of hydrogen-bond acceptors (Lipinski definition) is 9. The van der Waals surface area contributed by atoms with Gasteiger partial charge in [0.2, 0.25) is 29.5 Å². The first-order chi connectivity index (χ1) is 16.3. The molecule has 0 saturated carbocycles. The van der Waals surface area contributed by atoms with Crippen LogP contribution in [-0.2, 0) is 33.6 Å². The molecule has 0 aliphatic carbocycles. The Hall–Kier alpha value is -3.40. The summed E-state index contributed by atoms with van der Waals surface area (Å²) in [6.45, 7) is 0. The van der Waals surface area contributed by atoms with Crippen LogP contribution < -0.4 is 33.2 Å². The smallest absolute Gasteiger partial charge is 0.326 e. The topological polar surface area (TPSA) is 274 Å². The van der Waals surface area contributed by atoms with Gasteiger partial charge < -0.3 is 43.4 Å². The van der Waals surface area contributed by atoms with E-state index in [1.165, 1.54) is 11.8 Å². The summed E-state index contributed by atoms with van der Waals surface area (Å²) in [4.78, 5) is 82.4. The molecule has 0 heterocycles. The molecule has 0 radical (unpaired) electrons. The number of carboxylic acids is 2. The third-order valence-corrected chi connectivity index (χ3v) is 5.23. The zero-order valence-corrected chi connectivity index (χ0v) is 20.0. The Bertz CT molecular complexity index is 810. The average Bonchev–Trinajstić information content (AvgIpc) is 2.75. The SMILES string of the molecule is CSCCC(N)C(=O)NC(CCC(N)=O)C(=O)NC(CC(N)=O)C(=O)NC(CCC(=O)O)C(=O)O. The van der Waals surface area contributed by atoms with E-state index in [1.807, 2.05) is 11.6 Å². The highest BCUT2D eigenvalue weighted by atomic mass is 32.2. The molecule has 4 atom stereocenters. The molecule has 198 valence electrons. The van der Waals surface area contributed by atoms with E-state index in [1.54, 1.807) is 0 Å². The van der Waals surface area contributed by atoms with Crippen LogP contribution in [0.4, 0.5) is 0 Å². The maximum Gasteiger partial charge on any atom is 0.326 e. The Morgan fingerprint density at radius 1 is 0.743 bits per heavy atom. The van der Waals surface area contributed by atoms with Crippen molar-refractivity contribution < 1.29 is 43.8 Å². The fraction of sp³-hybridized carbons (Fsp3) is 0.632. The Morgan fingerprint density at radius 3 is 1.74 bits per heavy atom.